The Hall–Kier alpha value is -1.80. The van der Waals surface area contributed by atoms with Gasteiger partial charge < -0.3 is 9.84 Å². The van der Waals surface area contributed by atoms with Crippen molar-refractivity contribution in [2.24, 2.45) is 0 Å². The summed E-state index contributed by atoms with van der Waals surface area (Å²) in [7, 11) is 0. The Labute approximate surface area is 127 Å². The van der Waals surface area contributed by atoms with Crippen LogP contribution in [0.3, 0.4) is 0 Å². The number of ether oxygens (including phenoxy) is 1. The molecule has 2 rings (SSSR count). The lowest BCUT2D eigenvalue weighted by molar-refractivity contribution is 0.199. The molecule has 2 heteroatoms. The van der Waals surface area contributed by atoms with E-state index >= 15 is 0 Å². The average Bonchev–Trinajstić information content (AvgIpc) is 2.38. The van der Waals surface area contributed by atoms with Gasteiger partial charge in [-0.2, -0.15) is 0 Å². The van der Waals surface area contributed by atoms with Gasteiger partial charge in [-0.1, -0.05) is 45.0 Å². The van der Waals surface area contributed by atoms with Crippen LogP contribution in [0.15, 0.2) is 42.5 Å². The highest BCUT2D eigenvalue weighted by molar-refractivity contribution is 5.44. The third-order valence-electron chi connectivity index (χ3n) is 3.54. The predicted molar refractivity (Wildman–Crippen MR) is 87.0 cm³/mol. The summed E-state index contributed by atoms with van der Waals surface area (Å²) in [4.78, 5) is 0. The van der Waals surface area contributed by atoms with Crippen molar-refractivity contribution in [1.82, 2.24) is 0 Å². The van der Waals surface area contributed by atoms with Gasteiger partial charge in [0.25, 0.3) is 0 Å². The molecule has 0 heterocycles. The maximum atomic E-state index is 9.55. The molecule has 2 aromatic carbocycles. The van der Waals surface area contributed by atoms with Gasteiger partial charge in [0.15, 0.2) is 0 Å². The average molecular weight is 284 g/mol. The molecule has 0 aromatic heterocycles. The van der Waals surface area contributed by atoms with Crippen LogP contribution in [0.25, 0.3) is 0 Å². The standard InChI is InChI=1S/C19H24O2/c1-13-6-11-17(19(3,4)5)18(12-13)21-16-9-7-15(8-10-16)14(2)20/h6-12,14,20H,1-5H3. The summed E-state index contributed by atoms with van der Waals surface area (Å²) < 4.78 is 6.07. The largest absolute Gasteiger partial charge is 0.457 e. The van der Waals surface area contributed by atoms with Gasteiger partial charge in [-0.05, 0) is 48.6 Å². The van der Waals surface area contributed by atoms with Crippen LogP contribution < -0.4 is 4.74 Å². The van der Waals surface area contributed by atoms with E-state index in [1.54, 1.807) is 6.92 Å². The Morgan fingerprint density at radius 3 is 2.14 bits per heavy atom. The SMILES string of the molecule is Cc1ccc(C(C)(C)C)c(Oc2ccc(C(C)O)cc2)c1. The monoisotopic (exact) mass is 284 g/mol. The molecule has 21 heavy (non-hydrogen) atoms. The van der Waals surface area contributed by atoms with Crippen LogP contribution in [0.5, 0.6) is 11.5 Å². The molecule has 2 aromatic rings. The number of aryl methyl sites for hydroxylation is 1. The second kappa shape index (κ2) is 5.90. The summed E-state index contributed by atoms with van der Waals surface area (Å²) in [6, 6.07) is 13.9. The molecule has 0 saturated carbocycles. The maximum Gasteiger partial charge on any atom is 0.131 e. The van der Waals surface area contributed by atoms with Gasteiger partial charge in [-0.3, -0.25) is 0 Å². The number of hydrogen-bond donors (Lipinski definition) is 1. The first-order chi connectivity index (χ1) is 9.77. The summed E-state index contributed by atoms with van der Waals surface area (Å²) in [5.41, 5.74) is 3.29. The van der Waals surface area contributed by atoms with Gasteiger partial charge in [0.1, 0.15) is 11.5 Å². The highest BCUT2D eigenvalue weighted by atomic mass is 16.5. The Bertz CT molecular complexity index is 604. The summed E-state index contributed by atoms with van der Waals surface area (Å²) >= 11 is 0. The maximum absolute atomic E-state index is 9.55. The van der Waals surface area contributed by atoms with E-state index in [9.17, 15) is 5.11 Å². The van der Waals surface area contributed by atoms with Crippen molar-refractivity contribution in [3.8, 4) is 11.5 Å². The lowest BCUT2D eigenvalue weighted by Gasteiger charge is -2.23. The minimum absolute atomic E-state index is 0.0303. The zero-order valence-corrected chi connectivity index (χ0v) is 13.5. The van der Waals surface area contributed by atoms with Crippen LogP contribution >= 0.6 is 0 Å². The quantitative estimate of drug-likeness (QED) is 0.845. The van der Waals surface area contributed by atoms with E-state index in [1.165, 1.54) is 11.1 Å². The summed E-state index contributed by atoms with van der Waals surface area (Å²) in [5.74, 6) is 1.68. The van der Waals surface area contributed by atoms with Gasteiger partial charge in [0, 0.05) is 5.56 Å². The van der Waals surface area contributed by atoms with Crippen LogP contribution in [0, 0.1) is 6.92 Å². The lowest BCUT2D eigenvalue weighted by Crippen LogP contribution is -2.12. The molecular formula is C19H24O2. The Morgan fingerprint density at radius 2 is 1.62 bits per heavy atom. The first-order valence-electron chi connectivity index (χ1n) is 7.34. The van der Waals surface area contributed by atoms with Gasteiger partial charge >= 0.3 is 0 Å². The van der Waals surface area contributed by atoms with Gasteiger partial charge in [-0.15, -0.1) is 0 Å². The Balaban J connectivity index is 2.32. The van der Waals surface area contributed by atoms with Crippen molar-refractivity contribution in [2.45, 2.75) is 46.1 Å². The van der Waals surface area contributed by atoms with Crippen molar-refractivity contribution >= 4 is 0 Å². The molecule has 0 aliphatic rings. The van der Waals surface area contributed by atoms with E-state index in [-0.39, 0.29) is 5.41 Å². The topological polar surface area (TPSA) is 29.5 Å². The third kappa shape index (κ3) is 3.85. The molecule has 0 saturated heterocycles. The molecule has 112 valence electrons. The summed E-state index contributed by atoms with van der Waals surface area (Å²) in [5, 5.41) is 9.55. The second-order valence-corrected chi connectivity index (χ2v) is 6.60. The number of aliphatic hydroxyl groups is 1. The molecule has 1 N–H and O–H groups in total. The number of aliphatic hydroxyl groups excluding tert-OH is 1. The van der Waals surface area contributed by atoms with Crippen LogP contribution in [0.4, 0.5) is 0 Å². The molecule has 0 radical (unpaired) electrons. The van der Waals surface area contributed by atoms with Crippen LogP contribution in [0.1, 0.15) is 50.5 Å². The minimum Gasteiger partial charge on any atom is -0.457 e. The first-order valence-corrected chi connectivity index (χ1v) is 7.34. The van der Waals surface area contributed by atoms with E-state index in [1.807, 2.05) is 24.3 Å². The van der Waals surface area contributed by atoms with Crippen molar-refractivity contribution in [2.75, 3.05) is 0 Å². The smallest absolute Gasteiger partial charge is 0.131 e. The summed E-state index contributed by atoms with van der Waals surface area (Å²) in [6.45, 7) is 10.4. The fourth-order valence-electron chi connectivity index (χ4n) is 2.27. The van der Waals surface area contributed by atoms with Crippen molar-refractivity contribution < 1.29 is 9.84 Å². The Kier molecular flexibility index (Phi) is 4.38. The van der Waals surface area contributed by atoms with Gasteiger partial charge in [-0.25, -0.2) is 0 Å². The lowest BCUT2D eigenvalue weighted by atomic mass is 9.86. The minimum atomic E-state index is -0.455. The Morgan fingerprint density at radius 1 is 1.00 bits per heavy atom. The molecule has 0 aliphatic carbocycles. The highest BCUT2D eigenvalue weighted by Gasteiger charge is 2.19. The first kappa shape index (κ1) is 15.6. The molecule has 1 unspecified atom stereocenters. The molecule has 2 nitrogen and oxygen atoms in total. The van der Waals surface area contributed by atoms with Crippen LogP contribution in [0.2, 0.25) is 0 Å². The molecule has 0 spiro atoms. The van der Waals surface area contributed by atoms with Gasteiger partial charge in [0.2, 0.25) is 0 Å². The molecule has 1 atom stereocenters. The molecular weight excluding hydrogens is 260 g/mol. The van der Waals surface area contributed by atoms with E-state index < -0.39 is 6.10 Å². The van der Waals surface area contributed by atoms with E-state index in [0.29, 0.717) is 0 Å². The molecule has 0 fully saturated rings. The second-order valence-electron chi connectivity index (χ2n) is 6.60. The van der Waals surface area contributed by atoms with E-state index in [0.717, 1.165) is 17.1 Å². The van der Waals surface area contributed by atoms with Crippen molar-refractivity contribution in [1.29, 1.82) is 0 Å². The van der Waals surface area contributed by atoms with E-state index in [4.69, 9.17) is 4.74 Å². The normalized spacial score (nSPS) is 13.0. The third-order valence-corrected chi connectivity index (χ3v) is 3.54. The zero-order chi connectivity index (χ0) is 15.6. The molecule has 0 aliphatic heterocycles. The van der Waals surface area contributed by atoms with Crippen LogP contribution in [-0.4, -0.2) is 5.11 Å². The van der Waals surface area contributed by atoms with Crippen molar-refractivity contribution in [3.63, 3.8) is 0 Å². The fraction of sp³-hybridized carbons (Fsp3) is 0.368. The number of rotatable bonds is 3. The predicted octanol–water partition coefficient (Wildman–Crippen LogP) is 5.14. The van der Waals surface area contributed by atoms with Crippen LogP contribution in [-0.2, 0) is 5.41 Å². The highest BCUT2D eigenvalue weighted by Crippen LogP contribution is 2.35. The number of hydrogen-bond acceptors (Lipinski definition) is 2. The van der Waals surface area contributed by atoms with E-state index in [2.05, 4.69) is 45.9 Å². The zero-order valence-electron chi connectivity index (χ0n) is 13.5. The number of benzene rings is 2. The fourth-order valence-corrected chi connectivity index (χ4v) is 2.27. The molecule has 0 bridgehead atoms. The molecule has 0 amide bonds. The van der Waals surface area contributed by atoms with Crippen molar-refractivity contribution in [3.05, 3.63) is 59.2 Å². The summed E-state index contributed by atoms with van der Waals surface area (Å²) in [6.07, 6.45) is -0.455. The van der Waals surface area contributed by atoms with Gasteiger partial charge in [0.05, 0.1) is 6.10 Å².